The predicted octanol–water partition coefficient (Wildman–Crippen LogP) is 4.99. The molecule has 0 aliphatic carbocycles. The molecule has 0 aliphatic rings. The number of amides is 1. The average molecular weight is 267 g/mol. The van der Waals surface area contributed by atoms with Crippen LogP contribution in [0.25, 0.3) is 0 Å². The van der Waals surface area contributed by atoms with E-state index in [-0.39, 0.29) is 5.91 Å². The van der Waals surface area contributed by atoms with E-state index < -0.39 is 0 Å². The zero-order valence-corrected chi connectivity index (χ0v) is 13.0. The Balaban J connectivity index is 3.15. The number of nitrogens with one attached hydrogen (secondary N) is 1. The van der Waals surface area contributed by atoms with Gasteiger partial charge in [0.25, 0.3) is 0 Å². The molecular formula is C17H33NO. The molecule has 0 fully saturated rings. The third kappa shape index (κ3) is 15.2. The van der Waals surface area contributed by atoms with Gasteiger partial charge in [-0.25, -0.2) is 0 Å². The van der Waals surface area contributed by atoms with Gasteiger partial charge in [0.2, 0.25) is 5.91 Å². The van der Waals surface area contributed by atoms with Crippen LogP contribution in [-0.2, 0) is 4.79 Å². The minimum absolute atomic E-state index is 0.232. The summed E-state index contributed by atoms with van der Waals surface area (Å²) in [5.74, 6) is 0.232. The molecule has 1 N–H and O–H groups in total. The molecule has 0 heterocycles. The fraction of sp³-hybridized carbons (Fsp3) is 0.824. The van der Waals surface area contributed by atoms with Crippen LogP contribution in [0.1, 0.15) is 84.5 Å². The molecule has 0 spiro atoms. The van der Waals surface area contributed by atoms with E-state index in [4.69, 9.17) is 0 Å². The van der Waals surface area contributed by atoms with E-state index in [1.54, 1.807) is 0 Å². The molecular weight excluding hydrogens is 234 g/mol. The van der Waals surface area contributed by atoms with Crippen molar-refractivity contribution in [2.45, 2.75) is 84.5 Å². The van der Waals surface area contributed by atoms with Crippen LogP contribution in [0.5, 0.6) is 0 Å². The summed E-state index contributed by atoms with van der Waals surface area (Å²) in [6.07, 6.45) is 17.3. The van der Waals surface area contributed by atoms with E-state index >= 15 is 0 Å². The second-order valence-electron chi connectivity index (χ2n) is 5.27. The van der Waals surface area contributed by atoms with Crippen LogP contribution < -0.4 is 5.32 Å². The smallest absolute Gasteiger partial charge is 0.219 e. The highest BCUT2D eigenvalue weighted by Crippen LogP contribution is 2.08. The molecule has 0 aromatic carbocycles. The lowest BCUT2D eigenvalue weighted by Gasteiger charge is -2.04. The number of allylic oxidation sites excluding steroid dienone is 2. The van der Waals surface area contributed by atoms with Gasteiger partial charge in [0.05, 0.1) is 0 Å². The van der Waals surface area contributed by atoms with Crippen molar-refractivity contribution < 1.29 is 4.79 Å². The van der Waals surface area contributed by atoms with Gasteiger partial charge in [-0.05, 0) is 32.1 Å². The van der Waals surface area contributed by atoms with Crippen molar-refractivity contribution in [2.75, 3.05) is 6.54 Å². The second kappa shape index (κ2) is 15.3. The topological polar surface area (TPSA) is 29.1 Å². The molecule has 0 unspecified atom stereocenters. The van der Waals surface area contributed by atoms with E-state index in [1.807, 2.05) is 0 Å². The fourth-order valence-electron chi connectivity index (χ4n) is 1.97. The van der Waals surface area contributed by atoms with Gasteiger partial charge in [-0.2, -0.15) is 0 Å². The zero-order chi connectivity index (χ0) is 14.2. The summed E-state index contributed by atoms with van der Waals surface area (Å²) in [4.78, 5) is 11.4. The molecule has 0 aromatic heterocycles. The molecule has 0 radical (unpaired) electrons. The highest BCUT2D eigenvalue weighted by atomic mass is 16.1. The number of unbranched alkanes of at least 4 members (excludes halogenated alkanes) is 7. The minimum Gasteiger partial charge on any atom is -0.356 e. The van der Waals surface area contributed by atoms with Crippen molar-refractivity contribution in [3.63, 3.8) is 0 Å². The van der Waals surface area contributed by atoms with Gasteiger partial charge < -0.3 is 5.32 Å². The Bertz CT molecular complexity index is 223. The van der Waals surface area contributed by atoms with Crippen molar-refractivity contribution in [3.8, 4) is 0 Å². The lowest BCUT2D eigenvalue weighted by Crippen LogP contribution is -2.23. The molecule has 0 rings (SSSR count). The summed E-state index contributed by atoms with van der Waals surface area (Å²) in [5.41, 5.74) is 0. The standard InChI is InChI=1S/C17H33NO/c1-3-5-7-8-9-10-11-12-13-14-15-17(19)18-16-6-4-2/h7-8H,3-6,9-16H2,1-2H3,(H,18,19)/b8-7+. The Morgan fingerprint density at radius 2 is 1.53 bits per heavy atom. The van der Waals surface area contributed by atoms with Crippen LogP contribution in [0.15, 0.2) is 12.2 Å². The van der Waals surface area contributed by atoms with Crippen molar-refractivity contribution in [1.82, 2.24) is 5.32 Å². The van der Waals surface area contributed by atoms with Gasteiger partial charge >= 0.3 is 0 Å². The third-order valence-electron chi connectivity index (χ3n) is 3.25. The molecule has 1 amide bonds. The molecule has 0 atom stereocenters. The summed E-state index contributed by atoms with van der Waals surface area (Å²) in [6.45, 7) is 5.20. The van der Waals surface area contributed by atoms with E-state index in [0.717, 1.165) is 25.8 Å². The number of carbonyl (C=O) groups excluding carboxylic acids is 1. The predicted molar refractivity (Wildman–Crippen MR) is 84.3 cm³/mol. The Morgan fingerprint density at radius 3 is 2.26 bits per heavy atom. The lowest BCUT2D eigenvalue weighted by atomic mass is 10.1. The summed E-state index contributed by atoms with van der Waals surface area (Å²) in [5, 5.41) is 2.97. The molecule has 0 aromatic rings. The summed E-state index contributed by atoms with van der Waals surface area (Å²) < 4.78 is 0. The largest absolute Gasteiger partial charge is 0.356 e. The van der Waals surface area contributed by atoms with Crippen LogP contribution in [0.2, 0.25) is 0 Å². The number of rotatable bonds is 13. The first-order chi connectivity index (χ1) is 9.31. The maximum Gasteiger partial charge on any atom is 0.219 e. The molecule has 112 valence electrons. The summed E-state index contributed by atoms with van der Waals surface area (Å²) in [7, 11) is 0. The first kappa shape index (κ1) is 18.2. The van der Waals surface area contributed by atoms with Crippen LogP contribution in [0.3, 0.4) is 0 Å². The molecule has 0 saturated carbocycles. The Morgan fingerprint density at radius 1 is 0.842 bits per heavy atom. The highest BCUT2D eigenvalue weighted by molar-refractivity contribution is 5.75. The van der Waals surface area contributed by atoms with Crippen LogP contribution in [0.4, 0.5) is 0 Å². The van der Waals surface area contributed by atoms with E-state index in [9.17, 15) is 4.79 Å². The molecule has 19 heavy (non-hydrogen) atoms. The van der Waals surface area contributed by atoms with Gasteiger partial charge in [0.1, 0.15) is 0 Å². The van der Waals surface area contributed by atoms with Crippen molar-refractivity contribution in [2.24, 2.45) is 0 Å². The maximum absolute atomic E-state index is 11.4. The van der Waals surface area contributed by atoms with Gasteiger partial charge in [0.15, 0.2) is 0 Å². The number of hydrogen-bond donors (Lipinski definition) is 1. The molecule has 2 heteroatoms. The Labute approximate surface area is 120 Å². The maximum atomic E-state index is 11.4. The fourth-order valence-corrected chi connectivity index (χ4v) is 1.97. The average Bonchev–Trinajstić information content (AvgIpc) is 2.41. The van der Waals surface area contributed by atoms with Gasteiger partial charge in [-0.3, -0.25) is 4.79 Å². The third-order valence-corrected chi connectivity index (χ3v) is 3.25. The van der Waals surface area contributed by atoms with Crippen LogP contribution in [-0.4, -0.2) is 12.5 Å². The van der Waals surface area contributed by atoms with Gasteiger partial charge in [-0.15, -0.1) is 0 Å². The quantitative estimate of drug-likeness (QED) is 0.369. The van der Waals surface area contributed by atoms with Crippen molar-refractivity contribution in [1.29, 1.82) is 0 Å². The number of hydrogen-bond acceptors (Lipinski definition) is 1. The van der Waals surface area contributed by atoms with E-state index in [2.05, 4.69) is 31.3 Å². The summed E-state index contributed by atoms with van der Waals surface area (Å²) in [6, 6.07) is 0. The SMILES string of the molecule is CCC/C=C/CCCCCCCC(=O)NCCCC. The second-order valence-corrected chi connectivity index (χ2v) is 5.27. The lowest BCUT2D eigenvalue weighted by molar-refractivity contribution is -0.121. The minimum atomic E-state index is 0.232. The van der Waals surface area contributed by atoms with E-state index in [1.165, 1.54) is 44.9 Å². The van der Waals surface area contributed by atoms with E-state index in [0.29, 0.717) is 6.42 Å². The normalized spacial score (nSPS) is 11.1. The molecule has 2 nitrogen and oxygen atoms in total. The zero-order valence-electron chi connectivity index (χ0n) is 13.0. The Kier molecular flexibility index (Phi) is 14.6. The monoisotopic (exact) mass is 267 g/mol. The molecule has 0 saturated heterocycles. The number of carbonyl (C=O) groups is 1. The highest BCUT2D eigenvalue weighted by Gasteiger charge is 1.99. The molecule has 0 aliphatic heterocycles. The Hall–Kier alpha value is -0.790. The molecule has 0 bridgehead atoms. The van der Waals surface area contributed by atoms with Crippen LogP contribution >= 0.6 is 0 Å². The van der Waals surface area contributed by atoms with Crippen molar-refractivity contribution >= 4 is 5.91 Å². The van der Waals surface area contributed by atoms with Gasteiger partial charge in [0, 0.05) is 13.0 Å². The first-order valence-corrected chi connectivity index (χ1v) is 8.23. The van der Waals surface area contributed by atoms with Crippen LogP contribution in [0, 0.1) is 0 Å². The summed E-state index contributed by atoms with van der Waals surface area (Å²) >= 11 is 0. The first-order valence-electron chi connectivity index (χ1n) is 8.23. The van der Waals surface area contributed by atoms with Gasteiger partial charge in [-0.1, -0.05) is 58.1 Å². The van der Waals surface area contributed by atoms with Crippen molar-refractivity contribution in [3.05, 3.63) is 12.2 Å².